The highest BCUT2D eigenvalue weighted by molar-refractivity contribution is 5.53. The lowest BCUT2D eigenvalue weighted by Crippen LogP contribution is -2.40. The Morgan fingerprint density at radius 1 is 1.26 bits per heavy atom. The Balaban J connectivity index is 2.06. The molecule has 6 nitrogen and oxygen atoms in total. The van der Waals surface area contributed by atoms with Gasteiger partial charge in [-0.3, -0.25) is 0 Å². The highest BCUT2D eigenvalue weighted by Crippen LogP contribution is 2.34. The van der Waals surface area contributed by atoms with Gasteiger partial charge in [-0.1, -0.05) is 20.8 Å². The van der Waals surface area contributed by atoms with Crippen LogP contribution in [-0.2, 0) is 6.54 Å². The Morgan fingerprint density at radius 2 is 2.11 bits per heavy atom. The lowest BCUT2D eigenvalue weighted by molar-refractivity contribution is 0.234. The predicted molar refractivity (Wildman–Crippen MR) is 71.2 cm³/mol. The molecule has 0 fully saturated rings. The smallest absolute Gasteiger partial charge is 0.165 e. The van der Waals surface area contributed by atoms with E-state index in [0.29, 0.717) is 0 Å². The standard InChI is InChI=1S/C13H18N6/c1-13(2,3)10-12-18-17-11(19(12)7-6-14-10)9-4-5-15-16-8-9/h4-5,8,10,14H,6-7H2,1-3H3. The van der Waals surface area contributed by atoms with Gasteiger partial charge in [-0.25, -0.2) is 0 Å². The number of hydrogen-bond acceptors (Lipinski definition) is 5. The van der Waals surface area contributed by atoms with Crippen LogP contribution >= 0.6 is 0 Å². The van der Waals surface area contributed by atoms with Crippen LogP contribution in [0.15, 0.2) is 18.5 Å². The van der Waals surface area contributed by atoms with Crippen molar-refractivity contribution in [2.75, 3.05) is 6.54 Å². The van der Waals surface area contributed by atoms with Crippen LogP contribution in [0.1, 0.15) is 32.6 Å². The Morgan fingerprint density at radius 3 is 2.79 bits per heavy atom. The summed E-state index contributed by atoms with van der Waals surface area (Å²) in [5.74, 6) is 1.88. The summed E-state index contributed by atoms with van der Waals surface area (Å²) in [6.07, 6.45) is 3.41. The molecule has 1 aliphatic heterocycles. The van der Waals surface area contributed by atoms with Crippen LogP contribution in [0, 0.1) is 5.41 Å². The Labute approximate surface area is 112 Å². The van der Waals surface area contributed by atoms with Gasteiger partial charge in [0.25, 0.3) is 0 Å². The van der Waals surface area contributed by atoms with Crippen molar-refractivity contribution in [3.63, 3.8) is 0 Å². The number of rotatable bonds is 1. The van der Waals surface area contributed by atoms with Gasteiger partial charge in [0.1, 0.15) is 0 Å². The van der Waals surface area contributed by atoms with Crippen molar-refractivity contribution in [2.45, 2.75) is 33.4 Å². The molecular weight excluding hydrogens is 240 g/mol. The molecule has 0 radical (unpaired) electrons. The van der Waals surface area contributed by atoms with Crippen LogP contribution in [0.3, 0.4) is 0 Å². The first kappa shape index (κ1) is 12.2. The fourth-order valence-corrected chi connectivity index (χ4v) is 2.49. The van der Waals surface area contributed by atoms with Crippen molar-refractivity contribution in [1.82, 2.24) is 30.3 Å². The summed E-state index contributed by atoms with van der Waals surface area (Å²) in [5.41, 5.74) is 1.07. The molecule has 19 heavy (non-hydrogen) atoms. The third kappa shape index (κ3) is 2.12. The van der Waals surface area contributed by atoms with Crippen LogP contribution in [0.25, 0.3) is 11.4 Å². The van der Waals surface area contributed by atoms with E-state index in [1.165, 1.54) is 0 Å². The Bertz CT molecular complexity index is 569. The maximum atomic E-state index is 4.38. The third-order valence-corrected chi connectivity index (χ3v) is 3.43. The fourth-order valence-electron chi connectivity index (χ4n) is 2.49. The highest BCUT2D eigenvalue weighted by atomic mass is 15.3. The van der Waals surface area contributed by atoms with Crippen LogP contribution in [0.2, 0.25) is 0 Å². The normalized spacial score (nSPS) is 19.2. The summed E-state index contributed by atoms with van der Waals surface area (Å²) in [7, 11) is 0. The highest BCUT2D eigenvalue weighted by Gasteiger charge is 2.33. The molecule has 1 N–H and O–H groups in total. The van der Waals surface area contributed by atoms with E-state index < -0.39 is 0 Å². The molecule has 100 valence electrons. The number of fused-ring (bicyclic) bond motifs is 1. The minimum Gasteiger partial charge on any atom is -0.308 e. The number of aromatic nitrogens is 5. The number of nitrogens with zero attached hydrogens (tertiary/aromatic N) is 5. The first-order valence-electron chi connectivity index (χ1n) is 6.51. The first-order chi connectivity index (χ1) is 9.07. The molecule has 1 aliphatic rings. The van der Waals surface area contributed by atoms with Crippen LogP contribution in [0.5, 0.6) is 0 Å². The van der Waals surface area contributed by atoms with Crippen molar-refractivity contribution in [3.05, 3.63) is 24.3 Å². The first-order valence-corrected chi connectivity index (χ1v) is 6.51. The lowest BCUT2D eigenvalue weighted by atomic mass is 9.85. The molecule has 0 saturated heterocycles. The molecule has 2 aromatic heterocycles. The molecular formula is C13H18N6. The number of nitrogens with one attached hydrogen (secondary N) is 1. The van der Waals surface area contributed by atoms with Gasteiger partial charge < -0.3 is 9.88 Å². The minimum atomic E-state index is 0.110. The van der Waals surface area contributed by atoms with Gasteiger partial charge in [-0.05, 0) is 11.5 Å². The van der Waals surface area contributed by atoms with Crippen LogP contribution < -0.4 is 5.32 Å². The molecule has 0 amide bonds. The van der Waals surface area contributed by atoms with Gasteiger partial charge >= 0.3 is 0 Å². The molecule has 3 rings (SSSR count). The van der Waals surface area contributed by atoms with Gasteiger partial charge in [-0.15, -0.1) is 10.2 Å². The summed E-state index contributed by atoms with van der Waals surface area (Å²) in [5, 5.41) is 20.0. The van der Waals surface area contributed by atoms with Crippen molar-refractivity contribution in [3.8, 4) is 11.4 Å². The molecule has 0 bridgehead atoms. The van der Waals surface area contributed by atoms with Gasteiger partial charge in [0.15, 0.2) is 11.6 Å². The van der Waals surface area contributed by atoms with Gasteiger partial charge in [0, 0.05) is 18.7 Å². The summed E-state index contributed by atoms with van der Waals surface area (Å²) in [6, 6.07) is 2.13. The molecule has 1 unspecified atom stereocenters. The molecule has 3 heterocycles. The summed E-state index contributed by atoms with van der Waals surface area (Å²) in [6.45, 7) is 8.44. The third-order valence-electron chi connectivity index (χ3n) is 3.43. The lowest BCUT2D eigenvalue weighted by Gasteiger charge is -2.34. The second-order valence-electron chi connectivity index (χ2n) is 5.92. The summed E-state index contributed by atoms with van der Waals surface area (Å²) >= 11 is 0. The maximum Gasteiger partial charge on any atom is 0.165 e. The van der Waals surface area contributed by atoms with Crippen molar-refractivity contribution in [1.29, 1.82) is 0 Å². The van der Waals surface area contributed by atoms with E-state index in [4.69, 9.17) is 0 Å². The van der Waals surface area contributed by atoms with E-state index in [0.717, 1.165) is 30.3 Å². The zero-order valence-corrected chi connectivity index (χ0v) is 11.5. The average molecular weight is 258 g/mol. The van der Waals surface area contributed by atoms with E-state index in [9.17, 15) is 0 Å². The summed E-state index contributed by atoms with van der Waals surface area (Å²) < 4.78 is 2.18. The predicted octanol–water partition coefficient (Wildman–Crippen LogP) is 1.43. The van der Waals surface area contributed by atoms with E-state index in [-0.39, 0.29) is 11.5 Å². The van der Waals surface area contributed by atoms with Gasteiger partial charge in [-0.2, -0.15) is 10.2 Å². The maximum absolute atomic E-state index is 4.38. The Kier molecular flexibility index (Phi) is 2.82. The van der Waals surface area contributed by atoms with Crippen LogP contribution in [-0.4, -0.2) is 31.5 Å². The fraction of sp³-hybridized carbons (Fsp3) is 0.538. The SMILES string of the molecule is CC(C)(C)C1NCCn2c(-c3ccnnc3)nnc21. The van der Waals surface area contributed by atoms with E-state index >= 15 is 0 Å². The largest absolute Gasteiger partial charge is 0.308 e. The molecule has 0 saturated carbocycles. The van der Waals surface area contributed by atoms with Crippen molar-refractivity contribution < 1.29 is 0 Å². The zero-order valence-electron chi connectivity index (χ0n) is 11.5. The van der Waals surface area contributed by atoms with Gasteiger partial charge in [0.2, 0.25) is 0 Å². The van der Waals surface area contributed by atoms with Crippen molar-refractivity contribution >= 4 is 0 Å². The van der Waals surface area contributed by atoms with Crippen LogP contribution in [0.4, 0.5) is 0 Å². The van der Waals surface area contributed by atoms with E-state index in [2.05, 4.69) is 51.0 Å². The molecule has 1 atom stereocenters. The number of hydrogen-bond donors (Lipinski definition) is 1. The molecule has 0 spiro atoms. The quantitative estimate of drug-likeness (QED) is 0.838. The summed E-state index contributed by atoms with van der Waals surface area (Å²) in [4.78, 5) is 0. The van der Waals surface area contributed by atoms with Crippen molar-refractivity contribution in [2.24, 2.45) is 5.41 Å². The van der Waals surface area contributed by atoms with E-state index in [1.54, 1.807) is 12.4 Å². The van der Waals surface area contributed by atoms with Gasteiger partial charge in [0.05, 0.1) is 18.4 Å². The molecule has 0 aromatic carbocycles. The topological polar surface area (TPSA) is 68.5 Å². The molecule has 6 heteroatoms. The average Bonchev–Trinajstić information content (AvgIpc) is 2.82. The minimum absolute atomic E-state index is 0.110. The second kappa shape index (κ2) is 4.38. The van der Waals surface area contributed by atoms with E-state index in [1.807, 2.05) is 6.07 Å². The monoisotopic (exact) mass is 258 g/mol. The molecule has 2 aromatic rings. The Hall–Kier alpha value is -1.82. The second-order valence-corrected chi connectivity index (χ2v) is 5.92. The molecule has 0 aliphatic carbocycles. The zero-order chi connectivity index (χ0) is 13.5.